The molecule has 0 bridgehead atoms. The van der Waals surface area contributed by atoms with Gasteiger partial charge in [-0.3, -0.25) is 9.78 Å². The molecule has 1 unspecified atom stereocenters. The Hall–Kier alpha value is -2.24. The van der Waals surface area contributed by atoms with Gasteiger partial charge in [-0.1, -0.05) is 11.2 Å². The van der Waals surface area contributed by atoms with E-state index in [1.165, 1.54) is 0 Å². The summed E-state index contributed by atoms with van der Waals surface area (Å²) < 4.78 is 5.35. The average Bonchev–Trinajstić information content (AvgIpc) is 3.10. The van der Waals surface area contributed by atoms with Crippen molar-refractivity contribution in [2.24, 2.45) is 0 Å². The summed E-state index contributed by atoms with van der Waals surface area (Å²) in [5.74, 6) is 1.96. The summed E-state index contributed by atoms with van der Waals surface area (Å²) >= 11 is 0. The van der Waals surface area contributed by atoms with Crippen molar-refractivity contribution in [2.45, 2.75) is 51.0 Å². The van der Waals surface area contributed by atoms with Crippen LogP contribution in [0.1, 0.15) is 60.6 Å². The van der Waals surface area contributed by atoms with Gasteiger partial charge in [-0.15, -0.1) is 0 Å². The fourth-order valence-electron chi connectivity index (χ4n) is 3.09. The van der Waals surface area contributed by atoms with Crippen LogP contribution >= 0.6 is 0 Å². The van der Waals surface area contributed by atoms with Gasteiger partial charge in [0.05, 0.1) is 12.5 Å². The average molecular weight is 312 g/mol. The normalized spacial score (nSPS) is 20.9. The van der Waals surface area contributed by atoms with Gasteiger partial charge in [-0.25, -0.2) is 0 Å². The number of rotatable bonds is 4. The van der Waals surface area contributed by atoms with Crippen LogP contribution in [0.5, 0.6) is 0 Å². The maximum atomic E-state index is 12.6. The molecule has 2 fully saturated rings. The van der Waals surface area contributed by atoms with Crippen LogP contribution in [0.2, 0.25) is 0 Å². The van der Waals surface area contributed by atoms with Gasteiger partial charge in [0.1, 0.15) is 0 Å². The molecule has 0 N–H and O–H groups in total. The molecule has 2 aliphatic rings. The number of pyridine rings is 1. The second kappa shape index (κ2) is 5.76. The number of carbonyl (C=O) groups is 1. The van der Waals surface area contributed by atoms with Gasteiger partial charge < -0.3 is 9.42 Å². The summed E-state index contributed by atoms with van der Waals surface area (Å²) in [5.41, 5.74) is 1.90. The second-order valence-electron chi connectivity index (χ2n) is 6.49. The van der Waals surface area contributed by atoms with Crippen LogP contribution in [-0.4, -0.2) is 32.5 Å². The molecule has 6 nitrogen and oxygen atoms in total. The van der Waals surface area contributed by atoms with Gasteiger partial charge in [0.15, 0.2) is 5.82 Å². The van der Waals surface area contributed by atoms with Gasteiger partial charge in [0.25, 0.3) is 0 Å². The Bertz CT molecular complexity index is 706. The Labute approximate surface area is 134 Å². The first-order valence-corrected chi connectivity index (χ1v) is 8.25. The van der Waals surface area contributed by atoms with E-state index >= 15 is 0 Å². The Morgan fingerprint density at radius 3 is 2.96 bits per heavy atom. The lowest BCUT2D eigenvalue weighted by Crippen LogP contribution is -2.32. The first-order valence-electron chi connectivity index (χ1n) is 8.25. The van der Waals surface area contributed by atoms with Crippen LogP contribution in [0.4, 0.5) is 0 Å². The van der Waals surface area contributed by atoms with Gasteiger partial charge in [0, 0.05) is 24.4 Å². The van der Waals surface area contributed by atoms with Crippen molar-refractivity contribution in [3.63, 3.8) is 0 Å². The Morgan fingerprint density at radius 1 is 1.35 bits per heavy atom. The van der Waals surface area contributed by atoms with Crippen LogP contribution in [0, 0.1) is 6.92 Å². The molecule has 1 atom stereocenters. The van der Waals surface area contributed by atoms with E-state index in [1.807, 2.05) is 24.0 Å². The van der Waals surface area contributed by atoms with Gasteiger partial charge >= 0.3 is 0 Å². The molecule has 0 spiro atoms. The highest BCUT2D eigenvalue weighted by Gasteiger charge is 2.35. The molecule has 0 aromatic carbocycles. The first-order chi connectivity index (χ1) is 11.2. The molecule has 1 saturated heterocycles. The van der Waals surface area contributed by atoms with E-state index in [0.717, 1.165) is 49.4 Å². The van der Waals surface area contributed by atoms with Crippen molar-refractivity contribution in [3.8, 4) is 0 Å². The highest BCUT2D eigenvalue weighted by Crippen LogP contribution is 2.40. The minimum Gasteiger partial charge on any atom is -0.339 e. The van der Waals surface area contributed by atoms with Crippen molar-refractivity contribution in [2.75, 3.05) is 6.54 Å². The number of hydrogen-bond acceptors (Lipinski definition) is 5. The number of carbonyl (C=O) groups excluding carboxylic acids is 1. The van der Waals surface area contributed by atoms with Crippen LogP contribution < -0.4 is 0 Å². The van der Waals surface area contributed by atoms with E-state index in [2.05, 4.69) is 15.1 Å². The Balaban J connectivity index is 1.47. The lowest BCUT2D eigenvalue weighted by molar-refractivity contribution is -0.131. The van der Waals surface area contributed by atoms with Crippen molar-refractivity contribution >= 4 is 5.91 Å². The minimum atomic E-state index is -0.0443. The Morgan fingerprint density at radius 2 is 2.22 bits per heavy atom. The smallest absolute Gasteiger partial charge is 0.229 e. The summed E-state index contributed by atoms with van der Waals surface area (Å²) in [5, 5.41) is 4.12. The number of aromatic nitrogens is 3. The van der Waals surface area contributed by atoms with Crippen LogP contribution in [-0.2, 0) is 11.2 Å². The lowest BCUT2D eigenvalue weighted by Gasteiger charge is -2.22. The first kappa shape index (κ1) is 14.4. The topological polar surface area (TPSA) is 72.1 Å². The van der Waals surface area contributed by atoms with Gasteiger partial charge in [-0.05, 0) is 44.2 Å². The molecule has 1 amide bonds. The van der Waals surface area contributed by atoms with Crippen molar-refractivity contribution < 1.29 is 9.32 Å². The van der Waals surface area contributed by atoms with Crippen LogP contribution in [0.25, 0.3) is 0 Å². The molecule has 3 heterocycles. The maximum Gasteiger partial charge on any atom is 0.229 e. The monoisotopic (exact) mass is 312 g/mol. The molecule has 0 radical (unpaired) electrons. The number of hydrogen-bond donors (Lipinski definition) is 0. The van der Waals surface area contributed by atoms with Gasteiger partial charge in [-0.2, -0.15) is 4.98 Å². The molecule has 1 aliphatic carbocycles. The molecule has 120 valence electrons. The fraction of sp³-hybridized carbons (Fsp3) is 0.529. The minimum absolute atomic E-state index is 0.0443. The summed E-state index contributed by atoms with van der Waals surface area (Å²) in [4.78, 5) is 23.3. The predicted molar refractivity (Wildman–Crippen MR) is 82.6 cm³/mol. The summed E-state index contributed by atoms with van der Waals surface area (Å²) in [6.07, 6.45) is 6.30. The van der Waals surface area contributed by atoms with Gasteiger partial charge in [0.2, 0.25) is 11.8 Å². The van der Waals surface area contributed by atoms with E-state index < -0.39 is 0 Å². The molecular formula is C17H20N4O2. The molecule has 6 heteroatoms. The molecular weight excluding hydrogens is 292 g/mol. The number of likely N-dealkylation sites (tertiary alicyclic amines) is 1. The molecule has 2 aromatic rings. The zero-order chi connectivity index (χ0) is 15.8. The summed E-state index contributed by atoms with van der Waals surface area (Å²) in [7, 11) is 0. The summed E-state index contributed by atoms with van der Waals surface area (Å²) in [6, 6.07) is 3.85. The van der Waals surface area contributed by atoms with E-state index in [0.29, 0.717) is 18.2 Å². The van der Waals surface area contributed by atoms with E-state index in [-0.39, 0.29) is 11.9 Å². The summed E-state index contributed by atoms with van der Waals surface area (Å²) in [6.45, 7) is 2.70. The second-order valence-corrected chi connectivity index (χ2v) is 6.49. The van der Waals surface area contributed by atoms with Crippen LogP contribution in [0.3, 0.4) is 0 Å². The van der Waals surface area contributed by atoms with E-state index in [9.17, 15) is 4.79 Å². The molecule has 1 aliphatic heterocycles. The van der Waals surface area contributed by atoms with Crippen molar-refractivity contribution in [1.29, 1.82) is 0 Å². The quantitative estimate of drug-likeness (QED) is 0.867. The highest BCUT2D eigenvalue weighted by molar-refractivity contribution is 5.79. The zero-order valence-corrected chi connectivity index (χ0v) is 13.2. The van der Waals surface area contributed by atoms with E-state index in [4.69, 9.17) is 4.52 Å². The third kappa shape index (κ3) is 2.98. The highest BCUT2D eigenvalue weighted by atomic mass is 16.5. The van der Waals surface area contributed by atoms with Crippen LogP contribution in [0.15, 0.2) is 22.9 Å². The number of aryl methyl sites for hydroxylation is 1. The van der Waals surface area contributed by atoms with E-state index in [1.54, 1.807) is 6.20 Å². The third-order valence-electron chi connectivity index (χ3n) is 4.58. The number of amides is 1. The lowest BCUT2D eigenvalue weighted by atomic mass is 10.1. The standard InChI is InChI=1S/C17H20N4O2/c1-11-4-5-12(10-18-11)9-15(22)21-8-2-3-14(21)16-19-17(23-20-16)13-6-7-13/h4-5,10,13-14H,2-3,6-9H2,1H3. The Kier molecular flexibility index (Phi) is 3.59. The third-order valence-corrected chi connectivity index (χ3v) is 4.58. The molecule has 2 aromatic heterocycles. The molecule has 23 heavy (non-hydrogen) atoms. The van der Waals surface area contributed by atoms with Crippen molar-refractivity contribution in [1.82, 2.24) is 20.0 Å². The molecule has 1 saturated carbocycles. The predicted octanol–water partition coefficient (Wildman–Crippen LogP) is 2.56. The molecule has 4 rings (SSSR count). The largest absolute Gasteiger partial charge is 0.339 e. The zero-order valence-electron chi connectivity index (χ0n) is 13.2. The SMILES string of the molecule is Cc1ccc(CC(=O)N2CCCC2c2noc(C3CC3)n2)cn1. The maximum absolute atomic E-state index is 12.6. The fourth-order valence-corrected chi connectivity index (χ4v) is 3.09. The van der Waals surface area contributed by atoms with Crippen molar-refractivity contribution in [3.05, 3.63) is 41.3 Å². The number of nitrogens with zero attached hydrogens (tertiary/aromatic N) is 4.